The second-order valence-corrected chi connectivity index (χ2v) is 4.78. The van der Waals surface area contributed by atoms with Gasteiger partial charge in [-0.3, -0.25) is 4.98 Å². The highest BCUT2D eigenvalue weighted by atomic mass is 35.5. The van der Waals surface area contributed by atoms with Crippen LogP contribution in [0.2, 0.25) is 5.02 Å². The van der Waals surface area contributed by atoms with E-state index < -0.39 is 0 Å². The number of hydrogen-bond donors (Lipinski definition) is 0. The highest BCUT2D eigenvalue weighted by molar-refractivity contribution is 6.35. The van der Waals surface area contributed by atoms with Gasteiger partial charge < -0.3 is 9.30 Å². The third kappa shape index (κ3) is 2.29. The van der Waals surface area contributed by atoms with Crippen molar-refractivity contribution in [3.05, 3.63) is 59.5 Å². The number of ether oxygens (including phenoxy) is 1. The van der Waals surface area contributed by atoms with Crippen molar-refractivity contribution >= 4 is 22.5 Å². The summed E-state index contributed by atoms with van der Waals surface area (Å²) < 4.78 is 7.79. The lowest BCUT2D eigenvalue weighted by atomic mass is 10.2. The molecule has 0 aliphatic rings. The molecule has 0 spiro atoms. The van der Waals surface area contributed by atoms with Crippen LogP contribution >= 0.6 is 11.6 Å². The molecule has 3 aromatic rings. The average Bonchev–Trinajstić information content (AvgIpc) is 2.76. The van der Waals surface area contributed by atoms with Crippen molar-refractivity contribution in [1.29, 1.82) is 0 Å². The Balaban J connectivity index is 1.93. The quantitative estimate of drug-likeness (QED) is 0.725. The number of benzene rings is 1. The second-order valence-electron chi connectivity index (χ2n) is 4.38. The minimum atomic E-state index is 0.479. The average molecular weight is 273 g/mol. The summed E-state index contributed by atoms with van der Waals surface area (Å²) in [6, 6.07) is 9.65. The number of aromatic nitrogens is 2. The predicted molar refractivity (Wildman–Crippen MR) is 76.5 cm³/mol. The Morgan fingerprint density at radius 1 is 1.26 bits per heavy atom. The van der Waals surface area contributed by atoms with Crippen LogP contribution < -0.4 is 4.74 Å². The van der Waals surface area contributed by atoms with Crippen LogP contribution in [0.4, 0.5) is 0 Å². The summed E-state index contributed by atoms with van der Waals surface area (Å²) in [7, 11) is 2.01. The van der Waals surface area contributed by atoms with Crippen LogP contribution in [0, 0.1) is 0 Å². The van der Waals surface area contributed by atoms with Gasteiger partial charge in [-0.05, 0) is 24.3 Å². The zero-order valence-electron chi connectivity index (χ0n) is 10.5. The van der Waals surface area contributed by atoms with E-state index in [1.807, 2.05) is 37.5 Å². The van der Waals surface area contributed by atoms with E-state index in [0.29, 0.717) is 6.61 Å². The molecule has 0 bridgehead atoms. The number of nitrogens with zero attached hydrogens (tertiary/aromatic N) is 2. The number of halogens is 1. The van der Waals surface area contributed by atoms with E-state index in [-0.39, 0.29) is 0 Å². The molecule has 0 fully saturated rings. The molecule has 0 atom stereocenters. The van der Waals surface area contributed by atoms with Crippen molar-refractivity contribution in [3.63, 3.8) is 0 Å². The SMILES string of the molecule is Cn1cc(COc2cccnc2)c2c(Cl)cccc21. The number of pyridine rings is 1. The van der Waals surface area contributed by atoms with Gasteiger partial charge in [-0.15, -0.1) is 0 Å². The molecule has 4 heteroatoms. The molecule has 3 nitrogen and oxygen atoms in total. The smallest absolute Gasteiger partial charge is 0.138 e. The lowest BCUT2D eigenvalue weighted by molar-refractivity contribution is 0.306. The topological polar surface area (TPSA) is 27.1 Å². The first kappa shape index (κ1) is 12.1. The van der Waals surface area contributed by atoms with Crippen molar-refractivity contribution in [2.75, 3.05) is 0 Å². The molecule has 19 heavy (non-hydrogen) atoms. The Morgan fingerprint density at radius 3 is 2.95 bits per heavy atom. The van der Waals surface area contributed by atoms with Crippen LogP contribution in [0.5, 0.6) is 5.75 Å². The van der Waals surface area contributed by atoms with E-state index in [9.17, 15) is 0 Å². The lowest BCUT2D eigenvalue weighted by Crippen LogP contribution is -1.95. The van der Waals surface area contributed by atoms with Gasteiger partial charge in [0.15, 0.2) is 0 Å². The van der Waals surface area contributed by atoms with Gasteiger partial charge in [0, 0.05) is 35.9 Å². The van der Waals surface area contributed by atoms with Gasteiger partial charge in [-0.1, -0.05) is 17.7 Å². The van der Waals surface area contributed by atoms with E-state index in [4.69, 9.17) is 16.3 Å². The molecule has 2 heterocycles. The summed E-state index contributed by atoms with van der Waals surface area (Å²) in [6.07, 6.45) is 5.47. The fourth-order valence-electron chi connectivity index (χ4n) is 2.20. The minimum absolute atomic E-state index is 0.479. The van der Waals surface area contributed by atoms with Crippen LogP contribution in [0.15, 0.2) is 48.9 Å². The molecule has 0 N–H and O–H groups in total. The lowest BCUT2D eigenvalue weighted by Gasteiger charge is -2.04. The van der Waals surface area contributed by atoms with Crippen molar-refractivity contribution in [3.8, 4) is 5.75 Å². The summed E-state index contributed by atoms with van der Waals surface area (Å²) in [4.78, 5) is 4.03. The molecule has 0 radical (unpaired) electrons. The maximum absolute atomic E-state index is 6.28. The molecule has 3 rings (SSSR count). The summed E-state index contributed by atoms with van der Waals surface area (Å²) in [5, 5.41) is 1.80. The number of fused-ring (bicyclic) bond motifs is 1. The van der Waals surface area contributed by atoms with Gasteiger partial charge in [-0.25, -0.2) is 0 Å². The fraction of sp³-hybridized carbons (Fsp3) is 0.133. The molecule has 96 valence electrons. The van der Waals surface area contributed by atoms with Gasteiger partial charge in [0.05, 0.1) is 11.2 Å². The number of aryl methyl sites for hydroxylation is 1. The Labute approximate surface area is 116 Å². The van der Waals surface area contributed by atoms with Gasteiger partial charge in [0.1, 0.15) is 12.4 Å². The minimum Gasteiger partial charge on any atom is -0.487 e. The summed E-state index contributed by atoms with van der Waals surface area (Å²) >= 11 is 6.28. The second kappa shape index (κ2) is 4.94. The van der Waals surface area contributed by atoms with Crippen LogP contribution in [0.1, 0.15) is 5.56 Å². The Kier molecular flexibility index (Phi) is 3.13. The molecular weight excluding hydrogens is 260 g/mol. The molecule has 0 aliphatic heterocycles. The summed E-state index contributed by atoms with van der Waals surface area (Å²) in [6.45, 7) is 0.479. The zero-order valence-corrected chi connectivity index (χ0v) is 11.3. The first-order chi connectivity index (χ1) is 9.25. The molecule has 2 aromatic heterocycles. The van der Waals surface area contributed by atoms with Gasteiger partial charge in [0.2, 0.25) is 0 Å². The Bertz CT molecular complexity index is 707. The van der Waals surface area contributed by atoms with E-state index in [1.165, 1.54) is 0 Å². The molecule has 0 aliphatic carbocycles. The van der Waals surface area contributed by atoms with Gasteiger partial charge in [-0.2, -0.15) is 0 Å². The number of hydrogen-bond acceptors (Lipinski definition) is 2. The maximum atomic E-state index is 6.28. The third-order valence-electron chi connectivity index (χ3n) is 3.07. The van der Waals surface area contributed by atoms with Crippen molar-refractivity contribution in [2.24, 2.45) is 7.05 Å². The molecule has 0 saturated carbocycles. The molecule has 0 saturated heterocycles. The summed E-state index contributed by atoms with van der Waals surface area (Å²) in [5.74, 6) is 0.756. The zero-order chi connectivity index (χ0) is 13.2. The first-order valence-electron chi connectivity index (χ1n) is 6.01. The van der Waals surface area contributed by atoms with E-state index in [2.05, 4.69) is 15.6 Å². The van der Waals surface area contributed by atoms with Crippen LogP contribution in [-0.4, -0.2) is 9.55 Å². The highest BCUT2D eigenvalue weighted by Gasteiger charge is 2.10. The van der Waals surface area contributed by atoms with Crippen LogP contribution in [-0.2, 0) is 13.7 Å². The van der Waals surface area contributed by atoms with Crippen LogP contribution in [0.3, 0.4) is 0 Å². The molecule has 0 unspecified atom stereocenters. The number of rotatable bonds is 3. The predicted octanol–water partition coefficient (Wildman–Crippen LogP) is 3.81. The monoisotopic (exact) mass is 272 g/mol. The molecule has 0 amide bonds. The van der Waals surface area contributed by atoms with E-state index >= 15 is 0 Å². The van der Waals surface area contributed by atoms with E-state index in [0.717, 1.165) is 27.2 Å². The Morgan fingerprint density at radius 2 is 2.16 bits per heavy atom. The van der Waals surface area contributed by atoms with E-state index in [1.54, 1.807) is 12.4 Å². The van der Waals surface area contributed by atoms with Crippen LogP contribution in [0.25, 0.3) is 10.9 Å². The van der Waals surface area contributed by atoms with Crippen molar-refractivity contribution in [1.82, 2.24) is 9.55 Å². The van der Waals surface area contributed by atoms with Crippen molar-refractivity contribution in [2.45, 2.75) is 6.61 Å². The molecular formula is C15H13ClN2O. The largest absolute Gasteiger partial charge is 0.487 e. The fourth-order valence-corrected chi connectivity index (χ4v) is 2.49. The normalized spacial score (nSPS) is 10.8. The third-order valence-corrected chi connectivity index (χ3v) is 3.39. The maximum Gasteiger partial charge on any atom is 0.138 e. The first-order valence-corrected chi connectivity index (χ1v) is 6.39. The molecule has 1 aromatic carbocycles. The highest BCUT2D eigenvalue weighted by Crippen LogP contribution is 2.28. The van der Waals surface area contributed by atoms with Gasteiger partial charge >= 0.3 is 0 Å². The Hall–Kier alpha value is -2.00. The standard InChI is InChI=1S/C15H13ClN2O/c1-18-9-11(10-19-12-4-3-7-17-8-12)15-13(16)5-2-6-14(15)18/h2-9H,10H2,1H3. The van der Waals surface area contributed by atoms with Gasteiger partial charge in [0.25, 0.3) is 0 Å². The van der Waals surface area contributed by atoms with Crippen molar-refractivity contribution < 1.29 is 4.74 Å². The summed E-state index contributed by atoms with van der Waals surface area (Å²) in [5.41, 5.74) is 2.18.